The number of hydrogen-bond acceptors (Lipinski definition) is 6. The number of tetrazole rings is 1. The summed E-state index contributed by atoms with van der Waals surface area (Å²) < 4.78 is 12.7. The molecule has 1 aliphatic rings. The van der Waals surface area contributed by atoms with E-state index < -0.39 is 0 Å². The van der Waals surface area contributed by atoms with Crippen LogP contribution in [0.4, 0.5) is 0 Å². The molecule has 1 amide bonds. The van der Waals surface area contributed by atoms with Crippen LogP contribution in [0.1, 0.15) is 24.2 Å². The maximum atomic E-state index is 11.9. The third kappa shape index (κ3) is 4.51. The van der Waals surface area contributed by atoms with Crippen LogP contribution in [-0.4, -0.2) is 45.4 Å². The molecule has 1 atom stereocenters. The first-order valence-corrected chi connectivity index (χ1v) is 8.02. The van der Waals surface area contributed by atoms with Gasteiger partial charge in [-0.15, -0.1) is 5.10 Å². The van der Waals surface area contributed by atoms with Crippen molar-refractivity contribution in [3.63, 3.8) is 0 Å². The zero-order chi connectivity index (χ0) is 16.8. The Hall–Kier alpha value is -2.48. The highest BCUT2D eigenvalue weighted by atomic mass is 16.5. The molecule has 0 saturated carbocycles. The maximum Gasteiger partial charge on any atom is 0.224 e. The first kappa shape index (κ1) is 16.4. The fourth-order valence-electron chi connectivity index (χ4n) is 2.50. The van der Waals surface area contributed by atoms with Gasteiger partial charge < -0.3 is 14.8 Å². The van der Waals surface area contributed by atoms with Crippen LogP contribution in [0.15, 0.2) is 24.3 Å². The number of rotatable bonds is 7. The van der Waals surface area contributed by atoms with Crippen molar-refractivity contribution in [3.8, 4) is 5.75 Å². The summed E-state index contributed by atoms with van der Waals surface area (Å²) in [6, 6.07) is 7.45. The molecule has 128 valence electrons. The second-order valence-corrected chi connectivity index (χ2v) is 5.77. The summed E-state index contributed by atoms with van der Waals surface area (Å²) in [4.78, 5) is 11.9. The minimum Gasteiger partial charge on any atom is -0.486 e. The van der Waals surface area contributed by atoms with Crippen LogP contribution < -0.4 is 10.1 Å². The molecule has 24 heavy (non-hydrogen) atoms. The highest BCUT2D eigenvalue weighted by Gasteiger charge is 2.16. The van der Waals surface area contributed by atoms with Crippen molar-refractivity contribution in [1.82, 2.24) is 25.5 Å². The van der Waals surface area contributed by atoms with Crippen LogP contribution in [0.5, 0.6) is 5.75 Å². The van der Waals surface area contributed by atoms with Crippen molar-refractivity contribution in [2.24, 2.45) is 7.05 Å². The van der Waals surface area contributed by atoms with Gasteiger partial charge in [0.15, 0.2) is 5.82 Å². The molecular formula is C16H21N5O3. The van der Waals surface area contributed by atoms with Crippen LogP contribution in [0.2, 0.25) is 0 Å². The maximum absolute atomic E-state index is 11.9. The van der Waals surface area contributed by atoms with E-state index in [-0.39, 0.29) is 12.0 Å². The van der Waals surface area contributed by atoms with Crippen LogP contribution in [0.25, 0.3) is 0 Å². The molecule has 0 radical (unpaired) electrons. The minimum atomic E-state index is 0.00401. The molecule has 0 aliphatic carbocycles. The van der Waals surface area contributed by atoms with Crippen LogP contribution in [-0.2, 0) is 29.6 Å². The molecule has 8 nitrogen and oxygen atoms in total. The number of carbonyl (C=O) groups excluding carboxylic acids is 1. The van der Waals surface area contributed by atoms with E-state index in [4.69, 9.17) is 9.47 Å². The van der Waals surface area contributed by atoms with E-state index in [1.54, 1.807) is 11.7 Å². The molecule has 0 spiro atoms. The van der Waals surface area contributed by atoms with Crippen molar-refractivity contribution < 1.29 is 14.3 Å². The van der Waals surface area contributed by atoms with Crippen molar-refractivity contribution in [2.75, 3.05) is 13.2 Å². The Morgan fingerprint density at radius 1 is 1.42 bits per heavy atom. The standard InChI is InChI=1S/C16H21N5O3/c1-21-15(18-19-20-21)11-24-13-6-4-12(5-7-13)9-16(22)17-10-14-3-2-8-23-14/h4-7,14H,2-3,8-11H2,1H3,(H,17,22)/t14-/m0/s1. The summed E-state index contributed by atoms with van der Waals surface area (Å²) in [6.07, 6.45) is 2.61. The Balaban J connectivity index is 1.43. The fourth-order valence-corrected chi connectivity index (χ4v) is 2.50. The molecular weight excluding hydrogens is 310 g/mol. The molecule has 1 N–H and O–H groups in total. The zero-order valence-electron chi connectivity index (χ0n) is 13.6. The summed E-state index contributed by atoms with van der Waals surface area (Å²) in [7, 11) is 1.76. The largest absolute Gasteiger partial charge is 0.486 e. The zero-order valence-corrected chi connectivity index (χ0v) is 13.6. The topological polar surface area (TPSA) is 91.2 Å². The van der Waals surface area contributed by atoms with Gasteiger partial charge in [0.05, 0.1) is 12.5 Å². The number of nitrogens with one attached hydrogen (secondary N) is 1. The summed E-state index contributed by atoms with van der Waals surface area (Å²) in [5.41, 5.74) is 0.938. The number of benzene rings is 1. The Kier molecular flexibility index (Phi) is 5.37. The van der Waals surface area contributed by atoms with Crippen LogP contribution in [0.3, 0.4) is 0 Å². The minimum absolute atomic E-state index is 0.00401. The van der Waals surface area contributed by atoms with E-state index in [1.807, 2.05) is 24.3 Å². The Bertz CT molecular complexity index is 665. The molecule has 3 rings (SSSR count). The van der Waals surface area contributed by atoms with Gasteiger partial charge in [-0.3, -0.25) is 4.79 Å². The van der Waals surface area contributed by atoms with Gasteiger partial charge in [-0.25, -0.2) is 4.68 Å². The first-order valence-electron chi connectivity index (χ1n) is 8.02. The highest BCUT2D eigenvalue weighted by molar-refractivity contribution is 5.78. The molecule has 1 fully saturated rings. The van der Waals surface area contributed by atoms with E-state index in [9.17, 15) is 4.79 Å². The summed E-state index contributed by atoms with van der Waals surface area (Å²) in [6.45, 7) is 1.68. The first-order chi connectivity index (χ1) is 11.7. The lowest BCUT2D eigenvalue weighted by molar-refractivity contribution is -0.120. The molecule has 0 bridgehead atoms. The van der Waals surface area contributed by atoms with E-state index in [0.717, 1.165) is 25.0 Å². The fraction of sp³-hybridized carbons (Fsp3) is 0.500. The number of aromatic nitrogens is 4. The quantitative estimate of drug-likeness (QED) is 0.800. The number of amides is 1. The molecule has 8 heteroatoms. The predicted octanol–water partition coefficient (Wildman–Crippen LogP) is 0.627. The second kappa shape index (κ2) is 7.87. The highest BCUT2D eigenvalue weighted by Crippen LogP contribution is 2.14. The van der Waals surface area contributed by atoms with Gasteiger partial charge in [0, 0.05) is 20.2 Å². The van der Waals surface area contributed by atoms with E-state index >= 15 is 0 Å². The Morgan fingerprint density at radius 3 is 2.92 bits per heavy atom. The van der Waals surface area contributed by atoms with E-state index in [0.29, 0.717) is 31.1 Å². The SMILES string of the molecule is Cn1nnnc1COc1ccc(CC(=O)NC[C@@H]2CCCO2)cc1. The van der Waals surface area contributed by atoms with Crippen molar-refractivity contribution in [1.29, 1.82) is 0 Å². The van der Waals surface area contributed by atoms with Gasteiger partial charge in [-0.2, -0.15) is 0 Å². The number of aryl methyl sites for hydroxylation is 1. The lowest BCUT2D eigenvalue weighted by Gasteiger charge is -2.11. The molecule has 1 aliphatic heterocycles. The van der Waals surface area contributed by atoms with Crippen LogP contribution >= 0.6 is 0 Å². The average Bonchev–Trinajstić information content (AvgIpc) is 3.24. The van der Waals surface area contributed by atoms with Crippen molar-refractivity contribution in [3.05, 3.63) is 35.7 Å². The van der Waals surface area contributed by atoms with E-state index in [2.05, 4.69) is 20.8 Å². The van der Waals surface area contributed by atoms with Gasteiger partial charge >= 0.3 is 0 Å². The van der Waals surface area contributed by atoms with Gasteiger partial charge in [-0.05, 0) is 41.0 Å². The smallest absolute Gasteiger partial charge is 0.224 e. The number of hydrogen-bond donors (Lipinski definition) is 1. The number of nitrogens with zero attached hydrogens (tertiary/aromatic N) is 4. The van der Waals surface area contributed by atoms with Crippen molar-refractivity contribution >= 4 is 5.91 Å². The summed E-state index contributed by atoms with van der Waals surface area (Å²) in [5, 5.41) is 14.1. The monoisotopic (exact) mass is 331 g/mol. The van der Waals surface area contributed by atoms with E-state index in [1.165, 1.54) is 0 Å². The Morgan fingerprint density at radius 2 is 2.25 bits per heavy atom. The predicted molar refractivity (Wildman–Crippen MR) is 85.3 cm³/mol. The van der Waals surface area contributed by atoms with Gasteiger partial charge in [0.2, 0.25) is 5.91 Å². The lowest BCUT2D eigenvalue weighted by Crippen LogP contribution is -2.32. The van der Waals surface area contributed by atoms with Gasteiger partial charge in [-0.1, -0.05) is 12.1 Å². The Labute approximate surface area is 140 Å². The molecule has 1 aromatic heterocycles. The normalized spacial score (nSPS) is 17.0. The van der Waals surface area contributed by atoms with Gasteiger partial charge in [0.1, 0.15) is 12.4 Å². The molecule has 2 heterocycles. The second-order valence-electron chi connectivity index (χ2n) is 5.77. The lowest BCUT2D eigenvalue weighted by atomic mass is 10.1. The summed E-state index contributed by atoms with van der Waals surface area (Å²) >= 11 is 0. The molecule has 0 unspecified atom stereocenters. The third-order valence-corrected chi connectivity index (χ3v) is 3.91. The van der Waals surface area contributed by atoms with Gasteiger partial charge in [0.25, 0.3) is 0 Å². The molecule has 2 aromatic rings. The third-order valence-electron chi connectivity index (χ3n) is 3.91. The molecule has 1 saturated heterocycles. The summed E-state index contributed by atoms with van der Waals surface area (Å²) in [5.74, 6) is 1.36. The number of ether oxygens (including phenoxy) is 2. The van der Waals surface area contributed by atoms with Crippen LogP contribution in [0, 0.1) is 0 Å². The number of carbonyl (C=O) groups is 1. The van der Waals surface area contributed by atoms with Crippen molar-refractivity contribution in [2.45, 2.75) is 32.0 Å². The molecule has 1 aromatic carbocycles. The average molecular weight is 331 g/mol.